The van der Waals surface area contributed by atoms with Gasteiger partial charge < -0.3 is 9.47 Å². The molecule has 3 aromatic rings. The highest BCUT2D eigenvalue weighted by Crippen LogP contribution is 2.25. The fourth-order valence-corrected chi connectivity index (χ4v) is 6.03. The molecule has 0 radical (unpaired) electrons. The Bertz CT molecular complexity index is 7920. The van der Waals surface area contributed by atoms with Crippen LogP contribution in [0.1, 0.15) is 46.2 Å². The minimum atomic E-state index is -0.395. The molecule has 0 aromatic carbocycles. The molecule has 0 saturated carbocycles. The summed E-state index contributed by atoms with van der Waals surface area (Å²) < 4.78 is 13.5. The highest BCUT2D eigenvalue weighted by Gasteiger charge is 2.22. The standard InChI is InChI=1S/C94H2.C13H16N4O2.C7H9BrN2O2/c1-3-5-7-9-11-13-15-17-19-21-23-25-27-29-31-33-35-37-39-41-43-45-47-49-51-53-55-57-59-61-63-65-67-69-71-73-75-77-79-81-83-85-87-89-91-93-94-92-90-88-86-84-82-80-78-76-74-72-70-68-66-64-62-60-58-56-54-52-50-48-46-44-42-40-38-36-34-32-30-28-26-24-22-20-18-16-14-12-10-8-6-4-2;1-5-19-13(18)12-10(7-15-17(12)4)11-8(2)6-14-9(3)16-11;1-3-12-7(11)6-5(8)4-9-10(6)2/h1-2H;6-7H,5H2,1-4H3;4H,3H2,1-2H3. The number of hydrogen-bond acceptors (Lipinski definition) is 8. The lowest BCUT2D eigenvalue weighted by Crippen LogP contribution is -2.12. The minimum Gasteiger partial charge on any atom is -0.461 e. The molecule has 544 valence electrons. The molecule has 0 aliphatic rings. The third-order valence-corrected chi connectivity index (χ3v) is 10.4. The van der Waals surface area contributed by atoms with Crippen molar-refractivity contribution in [3.05, 3.63) is 45.8 Å². The molecular formula is C114H27BrN6O4. The summed E-state index contributed by atoms with van der Waals surface area (Å²) in [5.41, 5.74) is 3.12. The Kier molecular flexibility index (Phi) is 62.2. The van der Waals surface area contributed by atoms with Gasteiger partial charge in [0, 0.05) is 470 Å². The summed E-state index contributed by atoms with van der Waals surface area (Å²) in [4.78, 5) is 31.7. The summed E-state index contributed by atoms with van der Waals surface area (Å²) in [6.07, 6.45) is 14.8. The van der Waals surface area contributed by atoms with E-state index in [-0.39, 0.29) is 5.97 Å². The smallest absolute Gasteiger partial charge is 0.357 e. The van der Waals surface area contributed by atoms with Crippen molar-refractivity contribution < 1.29 is 19.1 Å². The van der Waals surface area contributed by atoms with E-state index in [4.69, 9.17) is 22.3 Å². The van der Waals surface area contributed by atoms with Gasteiger partial charge in [0.05, 0.1) is 41.3 Å². The number of halogens is 1. The molecule has 11 heteroatoms. The number of esters is 2. The number of carbonyl (C=O) groups is 2. The van der Waals surface area contributed by atoms with Crippen LogP contribution in [-0.2, 0) is 23.6 Å². The third-order valence-electron chi connectivity index (χ3n) is 9.82. The molecule has 0 bridgehead atoms. The van der Waals surface area contributed by atoms with Gasteiger partial charge in [-0.15, -0.1) is 12.8 Å². The molecule has 0 aliphatic heterocycles. The van der Waals surface area contributed by atoms with E-state index in [1.54, 1.807) is 46.5 Å². The van der Waals surface area contributed by atoms with E-state index in [2.05, 4.69) is 581 Å². The van der Waals surface area contributed by atoms with Crippen LogP contribution < -0.4 is 0 Å². The van der Waals surface area contributed by atoms with Crippen LogP contribution in [0.5, 0.6) is 0 Å². The normalized spacial score (nSPS) is 5.51. The molecule has 3 aromatic heterocycles. The molecule has 0 saturated heterocycles. The number of carbonyl (C=O) groups excluding carboxylic acids is 2. The Balaban J connectivity index is 0.00000206. The average molecular weight is 1620 g/mol. The number of ether oxygens (including phenoxy) is 2. The molecule has 0 atom stereocenters. The Morgan fingerprint density at radius 1 is 0.272 bits per heavy atom. The molecular weight excluding hydrogens is 1600 g/mol. The van der Waals surface area contributed by atoms with Gasteiger partial charge in [-0.25, -0.2) is 19.6 Å². The van der Waals surface area contributed by atoms with Crippen LogP contribution in [-0.4, -0.2) is 54.7 Å². The summed E-state index contributed by atoms with van der Waals surface area (Å²) >= 11 is 3.20. The summed E-state index contributed by atoms with van der Waals surface area (Å²) in [5, 5.41) is 8.01. The lowest BCUT2D eigenvalue weighted by molar-refractivity contribution is 0.0503. The largest absolute Gasteiger partial charge is 0.461 e. The van der Waals surface area contributed by atoms with Gasteiger partial charge in [-0.1, -0.05) is 0 Å². The summed E-state index contributed by atoms with van der Waals surface area (Å²) in [6, 6.07) is 0. The van der Waals surface area contributed by atoms with Crippen LogP contribution in [0.15, 0.2) is 23.1 Å². The minimum absolute atomic E-state index is 0.325. The second-order valence-electron chi connectivity index (χ2n) is 17.9. The van der Waals surface area contributed by atoms with E-state index in [9.17, 15) is 9.59 Å². The second kappa shape index (κ2) is 78.4. The lowest BCUT2D eigenvalue weighted by atomic mass is 10.1. The van der Waals surface area contributed by atoms with E-state index in [0.29, 0.717) is 46.2 Å². The van der Waals surface area contributed by atoms with Crippen molar-refractivity contribution in [1.29, 1.82) is 0 Å². The number of terminal acetylenes is 2. The Morgan fingerprint density at radius 3 is 0.592 bits per heavy atom. The van der Waals surface area contributed by atoms with Crippen molar-refractivity contribution in [2.24, 2.45) is 14.1 Å². The van der Waals surface area contributed by atoms with E-state index < -0.39 is 5.97 Å². The first kappa shape index (κ1) is 99.2. The molecule has 3 rings (SSSR count). The first-order valence-corrected chi connectivity index (χ1v) is 33.7. The van der Waals surface area contributed by atoms with Crippen molar-refractivity contribution in [2.45, 2.75) is 27.7 Å². The van der Waals surface area contributed by atoms with Gasteiger partial charge in [-0.3, -0.25) is 9.36 Å². The van der Waals surface area contributed by atoms with Crippen molar-refractivity contribution >= 4 is 27.9 Å². The maximum atomic E-state index is 12.0. The predicted octanol–water partition coefficient (Wildman–Crippen LogP) is 3.44. The van der Waals surface area contributed by atoms with E-state index in [1.807, 2.05) is 13.8 Å². The highest BCUT2D eigenvalue weighted by molar-refractivity contribution is 9.10. The van der Waals surface area contributed by atoms with Gasteiger partial charge in [0.15, 0.2) is 11.4 Å². The molecule has 3 heterocycles. The predicted molar refractivity (Wildman–Crippen MR) is 484 cm³/mol. The molecule has 125 heavy (non-hydrogen) atoms. The fraction of sp³-hybridized carbons (Fsp3) is 0.0702. The van der Waals surface area contributed by atoms with Gasteiger partial charge in [-0.2, -0.15) is 10.2 Å². The highest BCUT2D eigenvalue weighted by atomic mass is 79.9. The van der Waals surface area contributed by atoms with E-state index in [1.165, 1.54) is 9.36 Å². The SMILES string of the molecule is C#CC#CC#CC#CC#CC#CC#CC#CC#CC#CC#CC#CC#CC#CC#CC#CC#CC#CC#CC#CC#CC#CC#CC#CC#CC#CC#CC#CC#CC#CC#CC#CC#CC#CC#CC#CC#CC#CC#CC#CC#CC#CC#CC#CC#CC#CC#C.CCOC(=O)c1c(-c2nc(C)ncc2C)cnn1C.CCOC(=O)c1c(Br)cnn1C. The second-order valence-corrected chi connectivity index (χ2v) is 18.8. The van der Waals surface area contributed by atoms with Gasteiger partial charge in [0.2, 0.25) is 0 Å². The van der Waals surface area contributed by atoms with Gasteiger partial charge in [0.1, 0.15) is 5.82 Å². The monoisotopic (exact) mass is 1620 g/mol. The van der Waals surface area contributed by atoms with Crippen LogP contribution in [0.4, 0.5) is 0 Å². The van der Waals surface area contributed by atoms with Gasteiger partial charge in [0.25, 0.3) is 0 Å². The first-order chi connectivity index (χ1) is 61.6. The van der Waals surface area contributed by atoms with Crippen LogP contribution in [0.25, 0.3) is 11.3 Å². The van der Waals surface area contributed by atoms with Crippen molar-refractivity contribution in [3.8, 4) is 569 Å². The van der Waals surface area contributed by atoms with Crippen LogP contribution >= 0.6 is 15.9 Å². The van der Waals surface area contributed by atoms with Crippen LogP contribution in [0, 0.1) is 571 Å². The van der Waals surface area contributed by atoms with E-state index in [0.717, 1.165) is 5.56 Å². The number of rotatable bonds is 5. The number of aromatic nitrogens is 6. The first-order valence-electron chi connectivity index (χ1n) is 32.9. The molecule has 0 aliphatic carbocycles. The van der Waals surface area contributed by atoms with Gasteiger partial charge in [-0.05, 0) is 144 Å². The number of hydrogen-bond donors (Lipinski definition) is 0. The quantitative estimate of drug-likeness (QED) is 0.283. The summed E-state index contributed by atoms with van der Waals surface area (Å²) in [5.74, 6) is 228. The Morgan fingerprint density at radius 2 is 0.432 bits per heavy atom. The zero-order valence-electron chi connectivity index (χ0n) is 65.5. The molecule has 0 N–H and O–H groups in total. The lowest BCUT2D eigenvalue weighted by Gasteiger charge is -2.07. The Hall–Kier alpha value is -23.8. The van der Waals surface area contributed by atoms with Crippen LogP contribution in [0.2, 0.25) is 0 Å². The molecule has 0 spiro atoms. The van der Waals surface area contributed by atoms with Gasteiger partial charge >= 0.3 is 11.9 Å². The number of aryl methyl sites for hydroxylation is 4. The van der Waals surface area contributed by atoms with Crippen molar-refractivity contribution in [2.75, 3.05) is 13.2 Å². The third kappa shape index (κ3) is 62.7. The molecule has 0 amide bonds. The van der Waals surface area contributed by atoms with Crippen molar-refractivity contribution in [3.63, 3.8) is 0 Å². The molecule has 0 fully saturated rings. The zero-order chi connectivity index (χ0) is 90.2. The maximum Gasteiger partial charge on any atom is 0.357 e. The molecule has 10 nitrogen and oxygen atoms in total. The Labute approximate surface area is 741 Å². The topological polar surface area (TPSA) is 114 Å². The molecule has 0 unspecified atom stereocenters. The summed E-state index contributed by atoms with van der Waals surface area (Å²) in [7, 11) is 3.40. The average Bonchev–Trinajstić information content (AvgIpc) is 1.65. The summed E-state index contributed by atoms with van der Waals surface area (Å²) in [6.45, 7) is 7.94. The number of nitrogens with zero attached hydrogens (tertiary/aromatic N) is 6. The maximum absolute atomic E-state index is 12.0. The van der Waals surface area contributed by atoms with Crippen LogP contribution in [0.3, 0.4) is 0 Å². The van der Waals surface area contributed by atoms with Crippen molar-refractivity contribution in [1.82, 2.24) is 29.5 Å². The zero-order valence-corrected chi connectivity index (χ0v) is 67.1. The fourth-order valence-electron chi connectivity index (χ4n) is 5.52. The van der Waals surface area contributed by atoms with E-state index >= 15 is 0 Å².